The molecule has 1 unspecified atom stereocenters. The van der Waals surface area contributed by atoms with Gasteiger partial charge in [0.1, 0.15) is 5.71 Å². The van der Waals surface area contributed by atoms with E-state index >= 15 is 0 Å². The van der Waals surface area contributed by atoms with Gasteiger partial charge < -0.3 is 11.1 Å². The van der Waals surface area contributed by atoms with Crippen molar-refractivity contribution in [3.63, 3.8) is 0 Å². The standard InChI is InChI=1S/C24H28ClN3O/c1-16(18-9-3-2-4-10-18)28-24(29)23(27)21-13-6-5-11-19(22(21)26)14-17-8-7-12-20(25)15-17/h2-4,7-10,12,15-16,19,27H,5-6,11,13-14,26H2,1H3,(H,28,29)/t16-,19?/m0/s1. The molecule has 0 aliphatic heterocycles. The van der Waals surface area contributed by atoms with Gasteiger partial charge >= 0.3 is 0 Å². The Balaban J connectivity index is 1.75. The minimum absolute atomic E-state index is 0.0109. The summed E-state index contributed by atoms with van der Waals surface area (Å²) in [7, 11) is 0. The van der Waals surface area contributed by atoms with Crippen molar-refractivity contribution in [2.75, 3.05) is 0 Å². The minimum atomic E-state index is -0.372. The number of allylic oxidation sites excluding steroid dienone is 1. The molecule has 0 saturated carbocycles. The molecule has 1 aliphatic rings. The smallest absolute Gasteiger partial charge is 0.269 e. The summed E-state index contributed by atoms with van der Waals surface area (Å²) in [5.41, 5.74) is 10.0. The quantitative estimate of drug-likeness (QED) is 0.574. The Morgan fingerprint density at radius 1 is 1.21 bits per heavy atom. The van der Waals surface area contributed by atoms with Crippen LogP contribution in [0, 0.1) is 11.3 Å². The summed E-state index contributed by atoms with van der Waals surface area (Å²) < 4.78 is 0. The molecule has 0 bridgehead atoms. The van der Waals surface area contributed by atoms with Crippen LogP contribution in [0.15, 0.2) is 65.9 Å². The summed E-state index contributed by atoms with van der Waals surface area (Å²) in [6, 6.07) is 17.4. The first-order chi connectivity index (χ1) is 14.0. The average molecular weight is 410 g/mol. The molecule has 29 heavy (non-hydrogen) atoms. The lowest BCUT2D eigenvalue weighted by Crippen LogP contribution is -2.35. The SMILES string of the molecule is C[C@H](NC(=O)C(=N)C1=C(N)C(Cc2cccc(Cl)c2)CCCC1)c1ccccc1. The molecule has 3 rings (SSSR count). The molecule has 0 heterocycles. The molecule has 5 heteroatoms. The lowest BCUT2D eigenvalue weighted by Gasteiger charge is -2.20. The molecule has 1 aliphatic carbocycles. The fraction of sp³-hybridized carbons (Fsp3) is 0.333. The summed E-state index contributed by atoms with van der Waals surface area (Å²) in [5.74, 6) is -0.256. The Bertz CT molecular complexity index is 907. The maximum Gasteiger partial charge on any atom is 0.269 e. The first kappa shape index (κ1) is 21.1. The Labute approximate surface area is 177 Å². The van der Waals surface area contributed by atoms with E-state index in [1.807, 2.05) is 61.5 Å². The van der Waals surface area contributed by atoms with Crippen LogP contribution in [0.5, 0.6) is 0 Å². The third-order valence-corrected chi connectivity index (χ3v) is 5.80. The van der Waals surface area contributed by atoms with E-state index in [0.29, 0.717) is 22.7 Å². The maximum absolute atomic E-state index is 12.8. The molecule has 0 saturated heterocycles. The monoisotopic (exact) mass is 409 g/mol. The van der Waals surface area contributed by atoms with E-state index in [2.05, 4.69) is 5.32 Å². The van der Waals surface area contributed by atoms with Crippen molar-refractivity contribution >= 4 is 23.2 Å². The zero-order valence-corrected chi connectivity index (χ0v) is 17.5. The van der Waals surface area contributed by atoms with Crippen molar-refractivity contribution in [1.29, 1.82) is 5.41 Å². The van der Waals surface area contributed by atoms with Gasteiger partial charge in [0.05, 0.1) is 6.04 Å². The predicted molar refractivity (Wildman–Crippen MR) is 119 cm³/mol. The summed E-state index contributed by atoms with van der Waals surface area (Å²) in [6.45, 7) is 1.92. The van der Waals surface area contributed by atoms with E-state index in [1.54, 1.807) is 0 Å². The van der Waals surface area contributed by atoms with Gasteiger partial charge in [0.2, 0.25) is 0 Å². The summed E-state index contributed by atoms with van der Waals surface area (Å²) in [4.78, 5) is 12.8. The molecule has 0 radical (unpaired) electrons. The molecule has 0 fully saturated rings. The van der Waals surface area contributed by atoms with Crippen molar-refractivity contribution in [3.05, 3.63) is 82.0 Å². The van der Waals surface area contributed by atoms with Crippen molar-refractivity contribution in [3.8, 4) is 0 Å². The van der Waals surface area contributed by atoms with Crippen LogP contribution in [0.25, 0.3) is 0 Å². The third-order valence-electron chi connectivity index (χ3n) is 5.56. The molecular formula is C24H28ClN3O. The molecule has 0 aromatic heterocycles. The number of nitrogens with one attached hydrogen (secondary N) is 2. The third kappa shape index (κ3) is 5.48. The normalized spacial score (nSPS) is 18.1. The average Bonchev–Trinajstić information content (AvgIpc) is 2.90. The lowest BCUT2D eigenvalue weighted by molar-refractivity contribution is -0.115. The Morgan fingerprint density at radius 2 is 1.97 bits per heavy atom. The largest absolute Gasteiger partial charge is 0.402 e. The number of benzene rings is 2. The zero-order valence-electron chi connectivity index (χ0n) is 16.7. The van der Waals surface area contributed by atoms with Crippen LogP contribution < -0.4 is 11.1 Å². The molecule has 2 atom stereocenters. The number of carbonyl (C=O) groups excluding carboxylic acids is 1. The van der Waals surface area contributed by atoms with Crippen LogP contribution in [0.4, 0.5) is 0 Å². The Hall–Kier alpha value is -2.59. The number of hydrogen-bond donors (Lipinski definition) is 3. The van der Waals surface area contributed by atoms with Gasteiger partial charge in [-0.15, -0.1) is 0 Å². The lowest BCUT2D eigenvalue weighted by atomic mass is 9.90. The highest BCUT2D eigenvalue weighted by molar-refractivity contribution is 6.44. The second-order valence-electron chi connectivity index (χ2n) is 7.69. The van der Waals surface area contributed by atoms with Gasteiger partial charge in [-0.25, -0.2) is 0 Å². The van der Waals surface area contributed by atoms with Crippen LogP contribution in [-0.4, -0.2) is 11.6 Å². The second kappa shape index (κ2) is 9.75. The van der Waals surface area contributed by atoms with Crippen molar-refractivity contribution in [1.82, 2.24) is 5.32 Å². The van der Waals surface area contributed by atoms with Crippen LogP contribution in [0.3, 0.4) is 0 Å². The summed E-state index contributed by atoms with van der Waals surface area (Å²) in [5, 5.41) is 12.2. The molecular weight excluding hydrogens is 382 g/mol. The highest BCUT2D eigenvalue weighted by Crippen LogP contribution is 2.30. The van der Waals surface area contributed by atoms with Gasteiger partial charge in [-0.05, 0) is 55.9 Å². The Kier molecular flexibility index (Phi) is 7.10. The van der Waals surface area contributed by atoms with E-state index in [9.17, 15) is 4.79 Å². The van der Waals surface area contributed by atoms with Crippen LogP contribution in [0.2, 0.25) is 5.02 Å². The maximum atomic E-state index is 12.8. The number of hydrogen-bond acceptors (Lipinski definition) is 3. The molecule has 0 spiro atoms. The topological polar surface area (TPSA) is 79.0 Å². The number of nitrogens with two attached hydrogens (primary N) is 1. The van der Waals surface area contributed by atoms with Gasteiger partial charge in [0, 0.05) is 22.2 Å². The van der Waals surface area contributed by atoms with E-state index in [0.717, 1.165) is 36.8 Å². The molecule has 2 aromatic carbocycles. The molecule has 4 nitrogen and oxygen atoms in total. The van der Waals surface area contributed by atoms with Crippen molar-refractivity contribution in [2.24, 2.45) is 11.7 Å². The summed E-state index contributed by atoms with van der Waals surface area (Å²) >= 11 is 6.12. The predicted octanol–water partition coefficient (Wildman–Crippen LogP) is 5.18. The molecule has 2 aromatic rings. The Morgan fingerprint density at radius 3 is 2.69 bits per heavy atom. The number of amides is 1. The fourth-order valence-corrected chi connectivity index (χ4v) is 4.11. The van der Waals surface area contributed by atoms with Gasteiger partial charge in [-0.2, -0.15) is 0 Å². The first-order valence-corrected chi connectivity index (χ1v) is 10.5. The first-order valence-electron chi connectivity index (χ1n) is 10.1. The highest BCUT2D eigenvalue weighted by Gasteiger charge is 2.25. The van der Waals surface area contributed by atoms with E-state index in [1.165, 1.54) is 0 Å². The molecule has 1 amide bonds. The number of carbonyl (C=O) groups is 1. The molecule has 4 N–H and O–H groups in total. The van der Waals surface area contributed by atoms with E-state index in [-0.39, 0.29) is 23.6 Å². The van der Waals surface area contributed by atoms with Crippen LogP contribution in [0.1, 0.15) is 49.8 Å². The van der Waals surface area contributed by atoms with Gasteiger partial charge in [-0.1, -0.05) is 60.5 Å². The number of rotatable bonds is 6. The fourth-order valence-electron chi connectivity index (χ4n) is 3.90. The van der Waals surface area contributed by atoms with E-state index < -0.39 is 0 Å². The number of halogens is 1. The highest BCUT2D eigenvalue weighted by atomic mass is 35.5. The minimum Gasteiger partial charge on any atom is -0.402 e. The van der Waals surface area contributed by atoms with E-state index in [4.69, 9.17) is 22.7 Å². The molecule has 152 valence electrons. The van der Waals surface area contributed by atoms with Crippen molar-refractivity contribution < 1.29 is 4.79 Å². The van der Waals surface area contributed by atoms with Crippen molar-refractivity contribution in [2.45, 2.75) is 45.1 Å². The van der Waals surface area contributed by atoms with Gasteiger partial charge in [0.25, 0.3) is 5.91 Å². The zero-order chi connectivity index (χ0) is 20.8. The van der Waals surface area contributed by atoms with Crippen LogP contribution in [-0.2, 0) is 11.2 Å². The van der Waals surface area contributed by atoms with Crippen LogP contribution >= 0.6 is 11.6 Å². The summed E-state index contributed by atoms with van der Waals surface area (Å²) in [6.07, 6.45) is 4.36. The second-order valence-corrected chi connectivity index (χ2v) is 8.13. The van der Waals surface area contributed by atoms with Gasteiger partial charge in [-0.3, -0.25) is 10.2 Å². The van der Waals surface area contributed by atoms with Gasteiger partial charge in [0.15, 0.2) is 0 Å².